The lowest BCUT2D eigenvalue weighted by Crippen LogP contribution is -2.03. The molecule has 0 atom stereocenters. The normalized spacial score (nSPS) is 12.3. The molecular formula is C20H19ClFN7O. The molecule has 1 amide bonds. The van der Waals surface area contributed by atoms with Gasteiger partial charge in [-0.15, -0.1) is 6.58 Å². The van der Waals surface area contributed by atoms with Crippen LogP contribution < -0.4 is 10.6 Å². The van der Waals surface area contributed by atoms with Gasteiger partial charge in [0.05, 0.1) is 40.5 Å². The fourth-order valence-corrected chi connectivity index (χ4v) is 3.16. The summed E-state index contributed by atoms with van der Waals surface area (Å²) in [7, 11) is 0. The maximum absolute atomic E-state index is 14.9. The zero-order valence-electron chi connectivity index (χ0n) is 16.0. The van der Waals surface area contributed by atoms with E-state index >= 15 is 0 Å². The number of aromatic nitrogens is 5. The minimum Gasteiger partial charge on any atom is -0.377 e. The van der Waals surface area contributed by atoms with E-state index in [4.69, 9.17) is 11.6 Å². The van der Waals surface area contributed by atoms with Gasteiger partial charge in [-0.25, -0.2) is 9.37 Å². The molecule has 1 aliphatic rings. The van der Waals surface area contributed by atoms with Crippen molar-refractivity contribution in [2.45, 2.75) is 19.3 Å². The van der Waals surface area contributed by atoms with Crippen LogP contribution in [0.25, 0.3) is 27.8 Å². The highest BCUT2D eigenvalue weighted by Crippen LogP contribution is 2.40. The van der Waals surface area contributed by atoms with E-state index in [1.807, 2.05) is 0 Å². The predicted octanol–water partition coefficient (Wildman–Crippen LogP) is 4.40. The molecule has 3 N–H and O–H groups in total. The van der Waals surface area contributed by atoms with Gasteiger partial charge in [-0.2, -0.15) is 5.10 Å². The number of hydrogen-bond donors (Lipinski definition) is 3. The molecule has 3 heterocycles. The first kappa shape index (κ1) is 19.8. The van der Waals surface area contributed by atoms with Crippen molar-refractivity contribution in [3.63, 3.8) is 0 Å². The van der Waals surface area contributed by atoms with Crippen LogP contribution in [-0.2, 0) is 4.79 Å². The molecule has 1 aliphatic carbocycles. The van der Waals surface area contributed by atoms with Crippen molar-refractivity contribution in [1.29, 1.82) is 0 Å². The van der Waals surface area contributed by atoms with Crippen LogP contribution >= 0.6 is 11.6 Å². The number of aromatic amines is 1. The Morgan fingerprint density at radius 2 is 2.10 bits per heavy atom. The number of amides is 1. The molecule has 0 radical (unpaired) electrons. The molecule has 10 heteroatoms. The molecule has 0 spiro atoms. The van der Waals surface area contributed by atoms with Crippen LogP contribution in [-0.4, -0.2) is 37.5 Å². The second kappa shape index (κ2) is 8.50. The number of carbonyl (C=O) groups is 1. The molecule has 154 valence electrons. The third-order valence-electron chi connectivity index (χ3n) is 4.37. The van der Waals surface area contributed by atoms with E-state index in [0.29, 0.717) is 46.6 Å². The molecular weight excluding hydrogens is 409 g/mol. The zero-order valence-corrected chi connectivity index (χ0v) is 16.7. The number of carbonyl (C=O) groups excluding carboxylic acids is 1. The summed E-state index contributed by atoms with van der Waals surface area (Å²) in [4.78, 5) is 19.1. The summed E-state index contributed by atoms with van der Waals surface area (Å²) in [6.07, 6.45) is 13.0. The minimum absolute atomic E-state index is 0.0753. The molecule has 0 bridgehead atoms. The van der Waals surface area contributed by atoms with Gasteiger partial charge in [0, 0.05) is 23.7 Å². The van der Waals surface area contributed by atoms with Gasteiger partial charge in [-0.3, -0.25) is 14.9 Å². The number of imidazole rings is 1. The molecule has 0 aliphatic heterocycles. The number of nitrogens with zero attached hydrogens (tertiary/aromatic N) is 4. The number of H-pyrrole nitrogens is 1. The topological polar surface area (TPSA) is 100 Å². The highest BCUT2D eigenvalue weighted by molar-refractivity contribution is 6.35. The fourth-order valence-electron chi connectivity index (χ4n) is 2.86. The Morgan fingerprint density at radius 3 is 2.80 bits per heavy atom. The molecule has 4 aromatic rings. The van der Waals surface area contributed by atoms with E-state index in [9.17, 15) is 9.18 Å². The highest BCUT2D eigenvalue weighted by atomic mass is 35.5. The van der Waals surface area contributed by atoms with Gasteiger partial charge in [-0.1, -0.05) is 36.9 Å². The standard InChI is InChI=1S/C17H13ClFN7O.C3H6/c1-2-3-20-17-15(19)14(18)13(9-4-23-25-16(9)17)10-6-26-7-11(22-8-27)24-12(26)5-21-10;1-2-3-1/h2,4-8,20H,1,3H2,(H,22,27)(H,23,25);1-3H2. The van der Waals surface area contributed by atoms with Gasteiger partial charge < -0.3 is 15.0 Å². The molecule has 3 aromatic heterocycles. The van der Waals surface area contributed by atoms with Crippen LogP contribution in [0.2, 0.25) is 5.02 Å². The van der Waals surface area contributed by atoms with Crippen molar-refractivity contribution in [3.8, 4) is 11.3 Å². The smallest absolute Gasteiger partial charge is 0.212 e. The Morgan fingerprint density at radius 1 is 1.30 bits per heavy atom. The van der Waals surface area contributed by atoms with E-state index in [0.717, 1.165) is 0 Å². The van der Waals surface area contributed by atoms with Crippen LogP contribution in [0.15, 0.2) is 37.4 Å². The Kier molecular flexibility index (Phi) is 5.62. The van der Waals surface area contributed by atoms with Crippen molar-refractivity contribution < 1.29 is 9.18 Å². The van der Waals surface area contributed by atoms with Crippen molar-refractivity contribution in [2.75, 3.05) is 17.2 Å². The van der Waals surface area contributed by atoms with E-state index in [1.54, 1.807) is 29.1 Å². The van der Waals surface area contributed by atoms with E-state index in [-0.39, 0.29) is 10.7 Å². The monoisotopic (exact) mass is 427 g/mol. The molecule has 1 fully saturated rings. The first-order valence-corrected chi connectivity index (χ1v) is 9.76. The molecule has 30 heavy (non-hydrogen) atoms. The quantitative estimate of drug-likeness (QED) is 0.313. The summed E-state index contributed by atoms with van der Waals surface area (Å²) in [5, 5.41) is 12.8. The lowest BCUT2D eigenvalue weighted by molar-refractivity contribution is -0.105. The molecule has 5 rings (SSSR count). The summed E-state index contributed by atoms with van der Waals surface area (Å²) < 4.78 is 16.6. The Hall–Kier alpha value is -3.46. The maximum Gasteiger partial charge on any atom is 0.212 e. The average molecular weight is 428 g/mol. The SMILES string of the molecule is C1CC1.C=CCNc1c(F)c(Cl)c(-c2cn3cc(NC=O)nc3cn2)c2cn[nH]c12. The average Bonchev–Trinajstić information content (AvgIpc) is 3.46. The largest absolute Gasteiger partial charge is 0.377 e. The maximum atomic E-state index is 14.9. The second-order valence-corrected chi connectivity index (χ2v) is 7.07. The van der Waals surface area contributed by atoms with Crippen LogP contribution in [0.1, 0.15) is 19.3 Å². The third kappa shape index (κ3) is 3.84. The van der Waals surface area contributed by atoms with Gasteiger partial charge in [0.1, 0.15) is 0 Å². The summed E-state index contributed by atoms with van der Waals surface area (Å²) >= 11 is 6.35. The van der Waals surface area contributed by atoms with Crippen molar-refractivity contribution >= 4 is 46.1 Å². The number of nitrogens with one attached hydrogen (secondary N) is 3. The van der Waals surface area contributed by atoms with Gasteiger partial charge in [-0.05, 0) is 0 Å². The van der Waals surface area contributed by atoms with Crippen LogP contribution in [0.5, 0.6) is 0 Å². The first-order chi connectivity index (χ1) is 14.6. The number of rotatable bonds is 6. The van der Waals surface area contributed by atoms with Gasteiger partial charge >= 0.3 is 0 Å². The van der Waals surface area contributed by atoms with E-state index in [2.05, 4.69) is 37.4 Å². The zero-order chi connectivity index (χ0) is 21.1. The molecule has 8 nitrogen and oxygen atoms in total. The first-order valence-electron chi connectivity index (χ1n) is 9.38. The Labute approximate surface area is 176 Å². The van der Waals surface area contributed by atoms with Crippen molar-refractivity contribution in [2.24, 2.45) is 0 Å². The van der Waals surface area contributed by atoms with Crippen molar-refractivity contribution in [3.05, 3.63) is 48.3 Å². The molecule has 1 saturated carbocycles. The minimum atomic E-state index is -0.610. The van der Waals surface area contributed by atoms with Crippen molar-refractivity contribution in [1.82, 2.24) is 24.6 Å². The number of fused-ring (bicyclic) bond motifs is 2. The number of hydrogen-bond acceptors (Lipinski definition) is 5. The Balaban J connectivity index is 0.000000667. The molecule has 1 aromatic carbocycles. The third-order valence-corrected chi connectivity index (χ3v) is 4.73. The molecule has 0 saturated heterocycles. The van der Waals surface area contributed by atoms with Crippen LogP contribution in [0, 0.1) is 5.82 Å². The van der Waals surface area contributed by atoms with E-state index in [1.165, 1.54) is 25.5 Å². The summed E-state index contributed by atoms with van der Waals surface area (Å²) in [6, 6.07) is 0. The number of anilines is 2. The predicted molar refractivity (Wildman–Crippen MR) is 115 cm³/mol. The summed E-state index contributed by atoms with van der Waals surface area (Å²) in [5.74, 6) is -0.236. The fraction of sp³-hybridized carbons (Fsp3) is 0.200. The lowest BCUT2D eigenvalue weighted by atomic mass is 10.1. The number of benzene rings is 1. The lowest BCUT2D eigenvalue weighted by Gasteiger charge is -2.13. The Bertz CT molecular complexity index is 1230. The summed E-state index contributed by atoms with van der Waals surface area (Å²) in [6.45, 7) is 3.98. The van der Waals surface area contributed by atoms with Crippen LogP contribution in [0.3, 0.4) is 0 Å². The number of halogens is 2. The second-order valence-electron chi connectivity index (χ2n) is 6.69. The van der Waals surface area contributed by atoms with Gasteiger partial charge in [0.15, 0.2) is 17.3 Å². The molecule has 0 unspecified atom stereocenters. The van der Waals surface area contributed by atoms with Gasteiger partial charge in [0.2, 0.25) is 6.41 Å². The van der Waals surface area contributed by atoms with E-state index < -0.39 is 5.82 Å². The highest BCUT2D eigenvalue weighted by Gasteiger charge is 2.22. The van der Waals surface area contributed by atoms with Gasteiger partial charge in [0.25, 0.3) is 0 Å². The summed E-state index contributed by atoms with van der Waals surface area (Å²) in [5.41, 5.74) is 2.06. The van der Waals surface area contributed by atoms with Crippen LogP contribution in [0.4, 0.5) is 15.9 Å².